The van der Waals surface area contributed by atoms with Crippen LogP contribution in [0.1, 0.15) is 11.1 Å². The van der Waals surface area contributed by atoms with Gasteiger partial charge in [0.25, 0.3) is 0 Å². The van der Waals surface area contributed by atoms with Crippen molar-refractivity contribution >= 4 is 5.97 Å². The van der Waals surface area contributed by atoms with Gasteiger partial charge in [0.1, 0.15) is 0 Å². The molecule has 0 fully saturated rings. The van der Waals surface area contributed by atoms with E-state index in [0.717, 1.165) is 5.56 Å². The highest BCUT2D eigenvalue weighted by molar-refractivity contribution is 5.72. The lowest BCUT2D eigenvalue weighted by atomic mass is 10.1. The molecule has 14 heavy (non-hydrogen) atoms. The van der Waals surface area contributed by atoms with Crippen LogP contribution < -0.4 is 4.74 Å². The van der Waals surface area contributed by atoms with Gasteiger partial charge in [0, 0.05) is 5.56 Å². The lowest BCUT2D eigenvalue weighted by Gasteiger charge is -2.08. The Morgan fingerprint density at radius 2 is 2.14 bits per heavy atom. The summed E-state index contributed by atoms with van der Waals surface area (Å²) in [6, 6.07) is 3.28. The molecule has 0 spiro atoms. The summed E-state index contributed by atoms with van der Waals surface area (Å²) in [7, 11) is 1.43. The molecule has 0 unspecified atom stereocenters. The molecular formula is C10H12O4. The molecule has 2 N–H and O–H groups in total. The largest absolute Gasteiger partial charge is 0.504 e. The fourth-order valence-corrected chi connectivity index (χ4v) is 1.27. The second kappa shape index (κ2) is 4.00. The molecule has 0 saturated heterocycles. The third kappa shape index (κ3) is 2.16. The van der Waals surface area contributed by atoms with Crippen LogP contribution >= 0.6 is 0 Å². The van der Waals surface area contributed by atoms with Crippen molar-refractivity contribution in [3.8, 4) is 11.5 Å². The van der Waals surface area contributed by atoms with Gasteiger partial charge in [0.15, 0.2) is 11.5 Å². The Balaban J connectivity index is 3.15. The summed E-state index contributed by atoms with van der Waals surface area (Å²) >= 11 is 0. The first kappa shape index (κ1) is 10.4. The van der Waals surface area contributed by atoms with Gasteiger partial charge in [-0.15, -0.1) is 0 Å². The summed E-state index contributed by atoms with van der Waals surface area (Å²) in [4.78, 5) is 10.5. The Labute approximate surface area is 81.8 Å². The lowest BCUT2D eigenvalue weighted by molar-refractivity contribution is -0.136. The quantitative estimate of drug-likeness (QED) is 0.765. The molecule has 0 saturated carbocycles. The van der Waals surface area contributed by atoms with Gasteiger partial charge in [-0.3, -0.25) is 4.79 Å². The number of aromatic hydroxyl groups is 1. The van der Waals surface area contributed by atoms with Crippen molar-refractivity contribution in [2.24, 2.45) is 0 Å². The summed E-state index contributed by atoms with van der Waals surface area (Å²) < 4.78 is 4.91. The number of carboxylic acids is 1. The van der Waals surface area contributed by atoms with Gasteiger partial charge in [-0.05, 0) is 18.6 Å². The number of phenolic OH excluding ortho intramolecular Hbond substituents is 1. The van der Waals surface area contributed by atoms with Crippen molar-refractivity contribution in [2.75, 3.05) is 7.11 Å². The fourth-order valence-electron chi connectivity index (χ4n) is 1.27. The maximum atomic E-state index is 10.5. The zero-order valence-electron chi connectivity index (χ0n) is 8.07. The van der Waals surface area contributed by atoms with E-state index in [-0.39, 0.29) is 12.2 Å². The molecule has 1 aromatic rings. The fraction of sp³-hybridized carbons (Fsp3) is 0.300. The van der Waals surface area contributed by atoms with Crippen molar-refractivity contribution < 1.29 is 19.7 Å². The van der Waals surface area contributed by atoms with E-state index in [1.807, 2.05) is 6.92 Å². The Morgan fingerprint density at radius 1 is 1.50 bits per heavy atom. The number of carbonyl (C=O) groups is 1. The van der Waals surface area contributed by atoms with E-state index in [2.05, 4.69) is 0 Å². The monoisotopic (exact) mass is 196 g/mol. The van der Waals surface area contributed by atoms with Crippen molar-refractivity contribution in [3.05, 3.63) is 23.3 Å². The normalized spacial score (nSPS) is 9.86. The van der Waals surface area contributed by atoms with E-state index in [9.17, 15) is 9.90 Å². The number of phenols is 1. The first-order valence-corrected chi connectivity index (χ1v) is 4.13. The first-order valence-electron chi connectivity index (χ1n) is 4.13. The number of ether oxygens (including phenoxy) is 1. The number of methoxy groups -OCH3 is 1. The molecule has 0 aliphatic rings. The zero-order chi connectivity index (χ0) is 10.7. The maximum absolute atomic E-state index is 10.5. The van der Waals surface area contributed by atoms with E-state index in [1.54, 1.807) is 12.1 Å². The third-order valence-corrected chi connectivity index (χ3v) is 1.86. The van der Waals surface area contributed by atoms with Crippen molar-refractivity contribution in [2.45, 2.75) is 13.3 Å². The van der Waals surface area contributed by atoms with E-state index in [0.29, 0.717) is 11.3 Å². The molecule has 1 rings (SSSR count). The van der Waals surface area contributed by atoms with Gasteiger partial charge in [0.05, 0.1) is 13.5 Å². The number of aliphatic carboxylic acids is 1. The summed E-state index contributed by atoms with van der Waals surface area (Å²) in [5.74, 6) is -0.769. The number of benzene rings is 1. The first-order chi connectivity index (χ1) is 6.54. The predicted molar refractivity (Wildman–Crippen MR) is 50.7 cm³/mol. The van der Waals surface area contributed by atoms with Crippen LogP contribution in [0.25, 0.3) is 0 Å². The van der Waals surface area contributed by atoms with Gasteiger partial charge >= 0.3 is 5.97 Å². The summed E-state index contributed by atoms with van der Waals surface area (Å²) in [6.45, 7) is 1.81. The van der Waals surface area contributed by atoms with Crippen LogP contribution in [0.3, 0.4) is 0 Å². The van der Waals surface area contributed by atoms with Crippen LogP contribution in [-0.4, -0.2) is 23.3 Å². The topological polar surface area (TPSA) is 66.8 Å². The second-order valence-electron chi connectivity index (χ2n) is 3.05. The molecular weight excluding hydrogens is 184 g/mol. The van der Waals surface area contributed by atoms with Crippen LogP contribution in [0.15, 0.2) is 12.1 Å². The molecule has 0 bridgehead atoms. The molecule has 76 valence electrons. The van der Waals surface area contributed by atoms with Gasteiger partial charge in [-0.25, -0.2) is 0 Å². The number of hydrogen-bond donors (Lipinski definition) is 2. The number of carboxylic acid groups (broad SMARTS) is 1. The Morgan fingerprint density at radius 3 is 2.64 bits per heavy atom. The van der Waals surface area contributed by atoms with Gasteiger partial charge in [-0.1, -0.05) is 6.07 Å². The van der Waals surface area contributed by atoms with Crippen LogP contribution in [0, 0.1) is 6.92 Å². The van der Waals surface area contributed by atoms with Crippen molar-refractivity contribution in [3.63, 3.8) is 0 Å². The van der Waals surface area contributed by atoms with E-state index in [1.165, 1.54) is 7.11 Å². The zero-order valence-corrected chi connectivity index (χ0v) is 8.07. The molecule has 0 aromatic heterocycles. The minimum atomic E-state index is -0.979. The summed E-state index contributed by atoms with van der Waals surface area (Å²) in [5.41, 5.74) is 1.23. The summed E-state index contributed by atoms with van der Waals surface area (Å²) in [5, 5.41) is 18.2. The number of hydrogen-bond acceptors (Lipinski definition) is 3. The highest BCUT2D eigenvalue weighted by Gasteiger charge is 2.11. The van der Waals surface area contributed by atoms with Gasteiger partial charge in [-0.2, -0.15) is 0 Å². The minimum absolute atomic E-state index is 0.0968. The third-order valence-electron chi connectivity index (χ3n) is 1.86. The van der Waals surface area contributed by atoms with E-state index < -0.39 is 5.97 Å². The molecule has 1 aromatic carbocycles. The molecule has 4 nitrogen and oxygen atoms in total. The standard InChI is InChI=1S/C10H12O4/c1-6-3-7(5-9(11)12)10(13)8(4-6)14-2/h3-4,13H,5H2,1-2H3,(H,11,12). The SMILES string of the molecule is COc1cc(C)cc(CC(=O)O)c1O. The minimum Gasteiger partial charge on any atom is -0.504 e. The Hall–Kier alpha value is -1.71. The molecule has 0 aliphatic heterocycles. The van der Waals surface area contributed by atoms with Crippen molar-refractivity contribution in [1.29, 1.82) is 0 Å². The smallest absolute Gasteiger partial charge is 0.307 e. The molecule has 0 radical (unpaired) electrons. The van der Waals surface area contributed by atoms with Crippen molar-refractivity contribution in [1.82, 2.24) is 0 Å². The highest BCUT2D eigenvalue weighted by atomic mass is 16.5. The van der Waals surface area contributed by atoms with Crippen LogP contribution in [0.5, 0.6) is 11.5 Å². The Bertz CT molecular complexity index is 357. The maximum Gasteiger partial charge on any atom is 0.307 e. The second-order valence-corrected chi connectivity index (χ2v) is 3.05. The Kier molecular flexibility index (Phi) is 2.96. The molecule has 0 heterocycles. The average Bonchev–Trinajstić information content (AvgIpc) is 2.09. The van der Waals surface area contributed by atoms with E-state index in [4.69, 9.17) is 9.84 Å². The van der Waals surface area contributed by atoms with Crippen LogP contribution in [0.4, 0.5) is 0 Å². The molecule has 0 aliphatic carbocycles. The van der Waals surface area contributed by atoms with E-state index >= 15 is 0 Å². The number of aryl methyl sites for hydroxylation is 1. The molecule has 4 heteroatoms. The lowest BCUT2D eigenvalue weighted by Crippen LogP contribution is -2.01. The highest BCUT2D eigenvalue weighted by Crippen LogP contribution is 2.31. The number of rotatable bonds is 3. The van der Waals surface area contributed by atoms with Crippen LogP contribution in [0.2, 0.25) is 0 Å². The van der Waals surface area contributed by atoms with Gasteiger partial charge < -0.3 is 14.9 Å². The average molecular weight is 196 g/mol. The van der Waals surface area contributed by atoms with Crippen LogP contribution in [-0.2, 0) is 11.2 Å². The predicted octanol–water partition coefficient (Wildman–Crippen LogP) is 1.34. The van der Waals surface area contributed by atoms with Gasteiger partial charge in [0.2, 0.25) is 0 Å². The summed E-state index contributed by atoms with van der Waals surface area (Å²) in [6.07, 6.45) is -0.204. The molecule has 0 amide bonds. The molecule has 0 atom stereocenters.